The van der Waals surface area contributed by atoms with Crippen LogP contribution in [0.1, 0.15) is 27.0 Å². The third-order valence-electron chi connectivity index (χ3n) is 4.81. The minimum atomic E-state index is -0.303. The Morgan fingerprint density at radius 3 is 2.48 bits per heavy atom. The van der Waals surface area contributed by atoms with Crippen molar-refractivity contribution in [2.75, 3.05) is 19.0 Å². The molecule has 0 aliphatic heterocycles. The average Bonchev–Trinajstić information content (AvgIpc) is 2.81. The average molecular weight is 557 g/mol. The van der Waals surface area contributed by atoms with Gasteiger partial charge in [-0.05, 0) is 89.5 Å². The fraction of sp³-hybridized carbons (Fsp3) is 0.160. The highest BCUT2D eigenvalue weighted by atomic mass is 127. The summed E-state index contributed by atoms with van der Waals surface area (Å²) >= 11 is 2.10. The molecule has 0 aliphatic rings. The molecule has 0 heterocycles. The SMILES string of the molecule is COc1cc(/C=N/NC(=O)c2ccccc2)cc(I)c1OCC(=O)Nc1ccc(C)c(C)c1. The predicted molar refractivity (Wildman–Crippen MR) is 137 cm³/mol. The number of amides is 2. The molecule has 0 radical (unpaired) electrons. The number of ether oxygens (including phenoxy) is 2. The van der Waals surface area contributed by atoms with Crippen LogP contribution in [0.5, 0.6) is 11.5 Å². The van der Waals surface area contributed by atoms with Crippen LogP contribution in [0.4, 0.5) is 5.69 Å². The van der Waals surface area contributed by atoms with Gasteiger partial charge in [-0.25, -0.2) is 5.43 Å². The second kappa shape index (κ2) is 11.5. The first kappa shape index (κ1) is 24.2. The molecular formula is C25H24IN3O4. The number of carbonyl (C=O) groups excluding carboxylic acids is 2. The number of hydrogen-bond acceptors (Lipinski definition) is 5. The quantitative estimate of drug-likeness (QED) is 0.239. The molecule has 0 aliphatic carbocycles. The Labute approximate surface area is 206 Å². The van der Waals surface area contributed by atoms with E-state index >= 15 is 0 Å². The Hall–Kier alpha value is -3.40. The van der Waals surface area contributed by atoms with Crippen LogP contribution < -0.4 is 20.2 Å². The molecule has 0 saturated carbocycles. The monoisotopic (exact) mass is 557 g/mol. The zero-order chi connectivity index (χ0) is 23.8. The highest BCUT2D eigenvalue weighted by Gasteiger charge is 2.14. The van der Waals surface area contributed by atoms with Crippen LogP contribution in [0.2, 0.25) is 0 Å². The molecule has 0 atom stereocenters. The Morgan fingerprint density at radius 1 is 1.03 bits per heavy atom. The molecule has 0 aromatic heterocycles. The van der Waals surface area contributed by atoms with Gasteiger partial charge in [0.15, 0.2) is 18.1 Å². The Bertz CT molecular complexity index is 1180. The molecule has 3 rings (SSSR count). The lowest BCUT2D eigenvalue weighted by Crippen LogP contribution is -2.20. The van der Waals surface area contributed by atoms with Crippen LogP contribution >= 0.6 is 22.6 Å². The molecule has 170 valence electrons. The van der Waals surface area contributed by atoms with Crippen LogP contribution in [-0.2, 0) is 4.79 Å². The second-order valence-corrected chi connectivity index (χ2v) is 8.40. The summed E-state index contributed by atoms with van der Waals surface area (Å²) in [6.07, 6.45) is 1.52. The van der Waals surface area contributed by atoms with E-state index in [1.807, 2.05) is 44.2 Å². The lowest BCUT2D eigenvalue weighted by Gasteiger charge is -2.14. The van der Waals surface area contributed by atoms with Crippen molar-refractivity contribution in [3.05, 3.63) is 86.5 Å². The van der Waals surface area contributed by atoms with E-state index in [-0.39, 0.29) is 18.4 Å². The number of nitrogens with one attached hydrogen (secondary N) is 2. The maximum atomic E-state index is 12.3. The summed E-state index contributed by atoms with van der Waals surface area (Å²) in [5, 5.41) is 6.84. The number of hydrogen-bond donors (Lipinski definition) is 2. The predicted octanol–water partition coefficient (Wildman–Crippen LogP) is 4.70. The largest absolute Gasteiger partial charge is 0.493 e. The second-order valence-electron chi connectivity index (χ2n) is 7.24. The normalized spacial score (nSPS) is 10.7. The summed E-state index contributed by atoms with van der Waals surface area (Å²) in [6.45, 7) is 3.84. The Kier molecular flexibility index (Phi) is 8.42. The van der Waals surface area contributed by atoms with Crippen molar-refractivity contribution in [1.29, 1.82) is 0 Å². The summed E-state index contributed by atoms with van der Waals surface area (Å²) in [5.74, 6) is 0.337. The van der Waals surface area contributed by atoms with E-state index in [1.54, 1.807) is 30.3 Å². The van der Waals surface area contributed by atoms with E-state index in [1.165, 1.54) is 13.3 Å². The molecule has 2 amide bonds. The molecule has 3 aromatic rings. The van der Waals surface area contributed by atoms with E-state index in [9.17, 15) is 9.59 Å². The van der Waals surface area contributed by atoms with Crippen LogP contribution in [-0.4, -0.2) is 31.7 Å². The Morgan fingerprint density at radius 2 is 1.79 bits per heavy atom. The van der Waals surface area contributed by atoms with Gasteiger partial charge >= 0.3 is 0 Å². The maximum Gasteiger partial charge on any atom is 0.271 e. The minimum Gasteiger partial charge on any atom is -0.493 e. The zero-order valence-electron chi connectivity index (χ0n) is 18.5. The van der Waals surface area contributed by atoms with Gasteiger partial charge in [0, 0.05) is 11.3 Å². The summed E-state index contributed by atoms with van der Waals surface area (Å²) in [6, 6.07) is 18.1. The molecule has 0 saturated heterocycles. The first-order chi connectivity index (χ1) is 15.9. The van der Waals surface area contributed by atoms with Crippen molar-refractivity contribution in [2.24, 2.45) is 5.10 Å². The molecule has 33 heavy (non-hydrogen) atoms. The summed E-state index contributed by atoms with van der Waals surface area (Å²) in [4.78, 5) is 24.4. The Balaban J connectivity index is 1.63. The van der Waals surface area contributed by atoms with Gasteiger partial charge in [-0.2, -0.15) is 5.10 Å². The number of benzene rings is 3. The van der Waals surface area contributed by atoms with Gasteiger partial charge in [0.25, 0.3) is 11.8 Å². The number of hydrazone groups is 1. The van der Waals surface area contributed by atoms with Gasteiger partial charge in [-0.15, -0.1) is 0 Å². The molecular weight excluding hydrogens is 533 g/mol. The molecule has 0 bridgehead atoms. The number of carbonyl (C=O) groups is 2. The summed E-state index contributed by atoms with van der Waals surface area (Å²) < 4.78 is 11.9. The van der Waals surface area contributed by atoms with Gasteiger partial charge in [-0.3, -0.25) is 9.59 Å². The number of methoxy groups -OCH3 is 1. The summed E-state index contributed by atoms with van der Waals surface area (Å²) in [5.41, 5.74) is 6.69. The van der Waals surface area contributed by atoms with Crippen molar-refractivity contribution in [1.82, 2.24) is 5.43 Å². The first-order valence-electron chi connectivity index (χ1n) is 10.1. The van der Waals surface area contributed by atoms with Crippen LogP contribution in [0.25, 0.3) is 0 Å². The molecule has 2 N–H and O–H groups in total. The van der Waals surface area contributed by atoms with E-state index in [0.717, 1.165) is 20.4 Å². The first-order valence-corrected chi connectivity index (χ1v) is 11.2. The number of nitrogens with zero attached hydrogens (tertiary/aromatic N) is 1. The number of anilines is 1. The fourth-order valence-electron chi connectivity index (χ4n) is 2.93. The zero-order valence-corrected chi connectivity index (χ0v) is 20.7. The van der Waals surface area contributed by atoms with Crippen LogP contribution in [0.3, 0.4) is 0 Å². The van der Waals surface area contributed by atoms with Gasteiger partial charge in [0.1, 0.15) is 0 Å². The lowest BCUT2D eigenvalue weighted by atomic mass is 10.1. The number of aryl methyl sites for hydroxylation is 2. The van der Waals surface area contributed by atoms with E-state index in [0.29, 0.717) is 22.6 Å². The summed E-state index contributed by atoms with van der Waals surface area (Å²) in [7, 11) is 1.52. The molecule has 7 nitrogen and oxygen atoms in total. The van der Waals surface area contributed by atoms with Gasteiger partial charge in [0.2, 0.25) is 0 Å². The molecule has 0 spiro atoms. The van der Waals surface area contributed by atoms with Crippen LogP contribution in [0, 0.1) is 17.4 Å². The van der Waals surface area contributed by atoms with Crippen LogP contribution in [0.15, 0.2) is 65.8 Å². The highest BCUT2D eigenvalue weighted by molar-refractivity contribution is 14.1. The van der Waals surface area contributed by atoms with Crippen molar-refractivity contribution in [2.45, 2.75) is 13.8 Å². The minimum absolute atomic E-state index is 0.167. The van der Waals surface area contributed by atoms with Crippen molar-refractivity contribution in [3.8, 4) is 11.5 Å². The third-order valence-corrected chi connectivity index (χ3v) is 5.61. The van der Waals surface area contributed by atoms with Gasteiger partial charge in [-0.1, -0.05) is 24.3 Å². The topological polar surface area (TPSA) is 89.0 Å². The maximum absolute atomic E-state index is 12.3. The van der Waals surface area contributed by atoms with E-state index in [4.69, 9.17) is 9.47 Å². The standard InChI is InChI=1S/C25H24IN3O4/c1-16-9-10-20(11-17(16)2)28-23(30)15-33-24-21(26)12-18(13-22(24)32-3)14-27-29-25(31)19-7-5-4-6-8-19/h4-14H,15H2,1-3H3,(H,28,30)(H,29,31)/b27-14+. The van der Waals surface area contributed by atoms with E-state index in [2.05, 4.69) is 38.4 Å². The van der Waals surface area contributed by atoms with E-state index < -0.39 is 0 Å². The number of rotatable bonds is 8. The lowest BCUT2D eigenvalue weighted by molar-refractivity contribution is -0.118. The molecule has 8 heteroatoms. The number of halogens is 1. The highest BCUT2D eigenvalue weighted by Crippen LogP contribution is 2.33. The van der Waals surface area contributed by atoms with Crippen molar-refractivity contribution < 1.29 is 19.1 Å². The smallest absolute Gasteiger partial charge is 0.271 e. The third kappa shape index (κ3) is 6.79. The molecule has 0 unspecified atom stereocenters. The van der Waals surface area contributed by atoms with Gasteiger partial charge < -0.3 is 14.8 Å². The molecule has 0 fully saturated rings. The van der Waals surface area contributed by atoms with Gasteiger partial charge in [0.05, 0.1) is 16.9 Å². The molecule has 3 aromatic carbocycles. The van der Waals surface area contributed by atoms with Crippen molar-refractivity contribution >= 4 is 46.3 Å². The van der Waals surface area contributed by atoms with Crippen molar-refractivity contribution in [3.63, 3.8) is 0 Å². The fourth-order valence-corrected chi connectivity index (χ4v) is 3.71.